The molecule has 1 aliphatic rings. The Kier molecular flexibility index (Phi) is 7.42. The monoisotopic (exact) mass is 506 g/mol. The van der Waals surface area contributed by atoms with Crippen molar-refractivity contribution in [2.24, 2.45) is 0 Å². The number of benzene rings is 1. The molecule has 1 aromatic carbocycles. The number of hydrazine groups is 1. The average Bonchev–Trinajstić information content (AvgIpc) is 3.25. The molecule has 0 bridgehead atoms. The Hall–Kier alpha value is -3.95. The molecule has 3 amide bonds. The number of hydrogen-bond donors (Lipinski definition) is 2. The van der Waals surface area contributed by atoms with Crippen molar-refractivity contribution in [3.8, 4) is 11.4 Å². The smallest absolute Gasteiger partial charge is 0.370 e. The van der Waals surface area contributed by atoms with Crippen LogP contribution in [0.5, 0.6) is 0 Å². The second kappa shape index (κ2) is 10.1. The van der Waals surface area contributed by atoms with Crippen molar-refractivity contribution in [3.05, 3.63) is 41.7 Å². The Bertz CT molecular complexity index is 1110. The molecule has 0 unspecified atom stereocenters. The minimum Gasteiger partial charge on any atom is -0.370 e. The van der Waals surface area contributed by atoms with Crippen LogP contribution in [0.1, 0.15) is 11.1 Å². The highest BCUT2D eigenvalue weighted by Gasteiger charge is 2.37. The number of halogens is 6. The van der Waals surface area contributed by atoms with Crippen molar-refractivity contribution < 1.29 is 45.5 Å². The van der Waals surface area contributed by atoms with Crippen LogP contribution in [-0.2, 0) is 31.5 Å². The SMILES string of the molecule is O=C(C=Cn1cnc(-c2cc(C(F)(F)F)cc(C(F)(F)F)c2)n1)NNC(=O)CN1CCOCC1=O. The van der Waals surface area contributed by atoms with Crippen molar-refractivity contribution in [1.82, 2.24) is 30.5 Å². The topological polar surface area (TPSA) is 118 Å². The van der Waals surface area contributed by atoms with Crippen LogP contribution < -0.4 is 10.9 Å². The van der Waals surface area contributed by atoms with Gasteiger partial charge in [0.15, 0.2) is 5.82 Å². The lowest BCUT2D eigenvalue weighted by molar-refractivity contribution is -0.146. The van der Waals surface area contributed by atoms with Crippen LogP contribution in [0.2, 0.25) is 0 Å². The predicted octanol–water partition coefficient (Wildman–Crippen LogP) is 1.46. The summed E-state index contributed by atoms with van der Waals surface area (Å²) in [5.41, 5.74) is 0.530. The normalized spacial score (nSPS) is 14.9. The Labute approximate surface area is 192 Å². The largest absolute Gasteiger partial charge is 0.416 e. The first-order chi connectivity index (χ1) is 16.3. The summed E-state index contributed by atoms with van der Waals surface area (Å²) >= 11 is 0. The Morgan fingerprint density at radius 1 is 1.06 bits per heavy atom. The fourth-order valence-electron chi connectivity index (χ4n) is 2.81. The maximum Gasteiger partial charge on any atom is 0.416 e. The van der Waals surface area contributed by atoms with Gasteiger partial charge in [0.1, 0.15) is 19.5 Å². The summed E-state index contributed by atoms with van der Waals surface area (Å²) in [5, 5.41) is 3.74. The highest BCUT2D eigenvalue weighted by atomic mass is 19.4. The fraction of sp³-hybridized carbons (Fsp3) is 0.316. The first-order valence-electron chi connectivity index (χ1n) is 9.66. The van der Waals surface area contributed by atoms with Gasteiger partial charge in [-0.05, 0) is 18.2 Å². The number of nitrogens with one attached hydrogen (secondary N) is 2. The minimum absolute atomic E-state index is 0.0199. The molecular formula is C19H16F6N6O4. The summed E-state index contributed by atoms with van der Waals surface area (Å²) in [4.78, 5) is 40.1. The number of carbonyl (C=O) groups is 3. The third kappa shape index (κ3) is 7.02. The third-order valence-electron chi connectivity index (χ3n) is 4.48. The number of amides is 3. The first-order valence-corrected chi connectivity index (χ1v) is 9.66. The Balaban J connectivity index is 1.63. The molecular weight excluding hydrogens is 490 g/mol. The van der Waals surface area contributed by atoms with Gasteiger partial charge in [0, 0.05) is 24.4 Å². The van der Waals surface area contributed by atoms with Gasteiger partial charge < -0.3 is 9.64 Å². The summed E-state index contributed by atoms with van der Waals surface area (Å²) in [7, 11) is 0. The van der Waals surface area contributed by atoms with E-state index in [0.717, 1.165) is 23.3 Å². The predicted molar refractivity (Wildman–Crippen MR) is 104 cm³/mol. The lowest BCUT2D eigenvalue weighted by Gasteiger charge is -2.25. The summed E-state index contributed by atoms with van der Waals surface area (Å²) in [6.45, 7) is 0.0208. The molecule has 3 rings (SSSR count). The number of nitrogens with zero attached hydrogens (tertiary/aromatic N) is 4. The molecule has 35 heavy (non-hydrogen) atoms. The maximum absolute atomic E-state index is 13.0. The highest BCUT2D eigenvalue weighted by Crippen LogP contribution is 2.38. The van der Waals surface area contributed by atoms with E-state index in [9.17, 15) is 40.7 Å². The Morgan fingerprint density at radius 3 is 2.31 bits per heavy atom. The van der Waals surface area contributed by atoms with Crippen LogP contribution in [0.4, 0.5) is 26.3 Å². The van der Waals surface area contributed by atoms with Gasteiger partial charge in [0.2, 0.25) is 5.91 Å². The van der Waals surface area contributed by atoms with Gasteiger partial charge in [-0.3, -0.25) is 25.2 Å². The van der Waals surface area contributed by atoms with Crippen LogP contribution >= 0.6 is 0 Å². The summed E-state index contributed by atoms with van der Waals surface area (Å²) in [6, 6.07) is 0.925. The molecule has 1 aromatic heterocycles. The van der Waals surface area contributed by atoms with Gasteiger partial charge in [0.05, 0.1) is 17.7 Å². The second-order valence-electron chi connectivity index (χ2n) is 7.06. The summed E-state index contributed by atoms with van der Waals surface area (Å²) in [6.07, 6.45) is -7.24. The highest BCUT2D eigenvalue weighted by molar-refractivity contribution is 5.92. The van der Waals surface area contributed by atoms with Crippen LogP contribution in [0.15, 0.2) is 30.6 Å². The van der Waals surface area contributed by atoms with E-state index in [-0.39, 0.29) is 38.3 Å². The van der Waals surface area contributed by atoms with Crippen molar-refractivity contribution in [1.29, 1.82) is 0 Å². The van der Waals surface area contributed by atoms with Gasteiger partial charge in [-0.1, -0.05) is 0 Å². The molecule has 1 aliphatic heterocycles. The lowest BCUT2D eigenvalue weighted by Crippen LogP contribution is -2.50. The van der Waals surface area contributed by atoms with Crippen molar-refractivity contribution in [2.45, 2.75) is 12.4 Å². The Morgan fingerprint density at radius 2 is 1.71 bits per heavy atom. The minimum atomic E-state index is -5.03. The zero-order chi connectivity index (χ0) is 25.8. The van der Waals surface area contributed by atoms with Crippen molar-refractivity contribution in [2.75, 3.05) is 26.3 Å². The van der Waals surface area contributed by atoms with Gasteiger partial charge in [0.25, 0.3) is 11.8 Å². The standard InChI is InChI=1S/C19H16F6N6O4/c20-18(21,22)12-5-11(6-13(7-12)19(23,24)25)17-26-10-31(29-17)2-1-14(32)27-28-15(33)8-30-3-4-35-9-16(30)34/h1-2,5-7,10H,3-4,8-9H2,(H,27,32)(H,28,33). The number of ether oxygens (including phenoxy) is 1. The van der Waals surface area contributed by atoms with E-state index in [4.69, 9.17) is 4.74 Å². The third-order valence-corrected chi connectivity index (χ3v) is 4.48. The van der Waals surface area contributed by atoms with Gasteiger partial charge in [-0.25, -0.2) is 9.67 Å². The number of morpholine rings is 1. The molecule has 2 aromatic rings. The molecule has 188 valence electrons. The molecule has 1 fully saturated rings. The molecule has 16 heteroatoms. The van der Waals surface area contributed by atoms with E-state index >= 15 is 0 Å². The molecule has 0 aliphatic carbocycles. The number of hydrogen-bond acceptors (Lipinski definition) is 6. The molecule has 1 saturated heterocycles. The molecule has 2 N–H and O–H groups in total. The second-order valence-corrected chi connectivity index (χ2v) is 7.06. The van der Waals surface area contributed by atoms with Crippen LogP contribution in [0.25, 0.3) is 17.6 Å². The fourth-order valence-corrected chi connectivity index (χ4v) is 2.81. The summed E-state index contributed by atoms with van der Waals surface area (Å²) < 4.78 is 83.9. The van der Waals surface area contributed by atoms with E-state index in [1.165, 1.54) is 4.90 Å². The zero-order valence-electron chi connectivity index (χ0n) is 17.5. The van der Waals surface area contributed by atoms with Gasteiger partial charge >= 0.3 is 12.4 Å². The molecule has 0 radical (unpaired) electrons. The van der Waals surface area contributed by atoms with Crippen LogP contribution in [0, 0.1) is 0 Å². The molecule has 10 nitrogen and oxygen atoms in total. The number of aromatic nitrogens is 3. The molecule has 2 heterocycles. The lowest BCUT2D eigenvalue weighted by atomic mass is 10.0. The average molecular weight is 506 g/mol. The van der Waals surface area contributed by atoms with E-state index in [1.807, 2.05) is 5.43 Å². The maximum atomic E-state index is 13.0. The number of alkyl halides is 6. The number of rotatable bonds is 5. The van der Waals surface area contributed by atoms with Gasteiger partial charge in [-0.15, -0.1) is 5.10 Å². The number of carbonyl (C=O) groups excluding carboxylic acids is 3. The molecule has 0 saturated carbocycles. The van der Waals surface area contributed by atoms with E-state index in [1.54, 1.807) is 0 Å². The van der Waals surface area contributed by atoms with Crippen molar-refractivity contribution >= 4 is 23.9 Å². The van der Waals surface area contributed by atoms with Crippen molar-refractivity contribution in [3.63, 3.8) is 0 Å². The van der Waals surface area contributed by atoms with Crippen LogP contribution in [0.3, 0.4) is 0 Å². The quantitative estimate of drug-likeness (QED) is 0.360. The molecule has 0 atom stereocenters. The first kappa shape index (κ1) is 25.7. The van der Waals surface area contributed by atoms with E-state index < -0.39 is 46.7 Å². The summed E-state index contributed by atoms with van der Waals surface area (Å²) in [5.74, 6) is -2.37. The molecule has 0 spiro atoms. The van der Waals surface area contributed by atoms with Gasteiger partial charge in [-0.2, -0.15) is 26.3 Å². The van der Waals surface area contributed by atoms with E-state index in [2.05, 4.69) is 15.5 Å². The van der Waals surface area contributed by atoms with Crippen LogP contribution in [-0.4, -0.2) is 63.7 Å². The van der Waals surface area contributed by atoms with E-state index in [0.29, 0.717) is 12.1 Å². The zero-order valence-corrected chi connectivity index (χ0v) is 17.5.